The van der Waals surface area contributed by atoms with Crippen LogP contribution in [-0.2, 0) is 11.2 Å². The van der Waals surface area contributed by atoms with E-state index < -0.39 is 6.35 Å². The highest BCUT2D eigenvalue weighted by molar-refractivity contribution is 6.49. The Balaban J connectivity index is 1.52. The first-order valence-corrected chi connectivity index (χ1v) is 13.3. The average Bonchev–Trinajstić information content (AvgIpc) is 3.22. The lowest BCUT2D eigenvalue weighted by Crippen LogP contribution is -2.40. The van der Waals surface area contributed by atoms with Crippen LogP contribution in [0.25, 0.3) is 0 Å². The van der Waals surface area contributed by atoms with Crippen LogP contribution in [0, 0.1) is 22.6 Å². The van der Waals surface area contributed by atoms with Gasteiger partial charge in [-0.05, 0) is 71.2 Å². The summed E-state index contributed by atoms with van der Waals surface area (Å²) in [6.07, 6.45) is 1.34. The summed E-state index contributed by atoms with van der Waals surface area (Å²) in [7, 11) is 0. The van der Waals surface area contributed by atoms with E-state index in [1.54, 1.807) is 12.1 Å². The van der Waals surface area contributed by atoms with Crippen molar-refractivity contribution in [3.05, 3.63) is 94.8 Å². The van der Waals surface area contributed by atoms with Gasteiger partial charge in [-0.15, -0.1) is 0 Å². The minimum absolute atomic E-state index is 0.0810. The average molecular weight is 529 g/mol. The van der Waals surface area contributed by atoms with Gasteiger partial charge in [0.1, 0.15) is 11.5 Å². The number of aliphatic hydroxyl groups is 1. The number of anilines is 2. The number of Topliss-reactive ketones (excluding diaryl/α,β-unsaturated/α-hetero) is 1. The number of aliphatic hydroxyl groups excluding tert-OH is 1. The summed E-state index contributed by atoms with van der Waals surface area (Å²) in [6, 6.07) is 19.7. The molecule has 7 heteroatoms. The molecule has 0 bridgehead atoms. The van der Waals surface area contributed by atoms with E-state index in [9.17, 15) is 14.3 Å². The molecule has 0 aliphatic heterocycles. The van der Waals surface area contributed by atoms with Crippen LogP contribution in [-0.4, -0.2) is 35.7 Å². The minimum Gasteiger partial charge on any atom is -0.360 e. The summed E-state index contributed by atoms with van der Waals surface area (Å²) in [4.78, 5) is 16.8. The van der Waals surface area contributed by atoms with E-state index in [4.69, 9.17) is 5.41 Å². The monoisotopic (exact) mass is 528 g/mol. The highest BCUT2D eigenvalue weighted by Crippen LogP contribution is 2.41. The molecule has 204 valence electrons. The van der Waals surface area contributed by atoms with Gasteiger partial charge in [0, 0.05) is 41.7 Å². The van der Waals surface area contributed by atoms with Crippen molar-refractivity contribution in [3.63, 3.8) is 0 Å². The molecule has 0 saturated heterocycles. The Labute approximate surface area is 229 Å². The number of nitrogens with zero attached hydrogens (tertiary/aromatic N) is 1. The predicted octanol–water partition coefficient (Wildman–Crippen LogP) is 6.20. The van der Waals surface area contributed by atoms with Gasteiger partial charge < -0.3 is 15.8 Å². The van der Waals surface area contributed by atoms with Gasteiger partial charge in [0.2, 0.25) is 6.35 Å². The quantitative estimate of drug-likeness (QED) is 0.176. The standard InChI is InChI=1S/C32H37FN4O2/c1-20(2)15-27(22-9-14-28(23(16-22)18-34)36-25-12-10-24(33)11-13-25)32(3,4)19-35-31(39)37-30-26-8-6-5-7-21(26)17-29(30)38/h5-14,16,18,20,27,31,34-36,39H,15,17,19H2,1-4H3/b34-18?,37-30+. The zero-order chi connectivity index (χ0) is 28.2. The second kappa shape index (κ2) is 12.0. The Morgan fingerprint density at radius 2 is 1.82 bits per heavy atom. The second-order valence-corrected chi connectivity index (χ2v) is 11.3. The minimum atomic E-state index is -1.20. The van der Waals surface area contributed by atoms with Crippen LogP contribution in [0.4, 0.5) is 15.8 Å². The normalized spacial score (nSPS) is 15.9. The zero-order valence-corrected chi connectivity index (χ0v) is 23.0. The van der Waals surface area contributed by atoms with Gasteiger partial charge in [-0.2, -0.15) is 0 Å². The first-order chi connectivity index (χ1) is 18.6. The second-order valence-electron chi connectivity index (χ2n) is 11.3. The van der Waals surface area contributed by atoms with E-state index in [0.29, 0.717) is 24.6 Å². The van der Waals surface area contributed by atoms with Gasteiger partial charge in [0.25, 0.3) is 0 Å². The first kappa shape index (κ1) is 28.3. The Morgan fingerprint density at radius 3 is 2.51 bits per heavy atom. The fraction of sp³-hybridized carbons (Fsp3) is 0.344. The lowest BCUT2D eigenvalue weighted by atomic mass is 9.71. The maximum atomic E-state index is 13.3. The smallest absolute Gasteiger partial charge is 0.202 e. The molecule has 0 saturated carbocycles. The molecule has 0 spiro atoms. The van der Waals surface area contributed by atoms with Crippen LogP contribution >= 0.6 is 0 Å². The first-order valence-electron chi connectivity index (χ1n) is 13.3. The van der Waals surface area contributed by atoms with E-state index >= 15 is 0 Å². The Kier molecular flexibility index (Phi) is 8.73. The SMILES string of the molecule is CC(C)CC(c1ccc(Nc2ccc(F)cc2)c(C=N)c1)C(C)(C)CNC(O)/N=C1/C(=O)Cc2ccccc21. The summed E-state index contributed by atoms with van der Waals surface area (Å²) in [5, 5.41) is 25.1. The van der Waals surface area contributed by atoms with E-state index in [2.05, 4.69) is 49.4 Å². The number of halogens is 1. The van der Waals surface area contributed by atoms with Crippen molar-refractivity contribution in [2.75, 3.05) is 11.9 Å². The highest BCUT2D eigenvalue weighted by Gasteiger charge is 2.33. The molecule has 4 rings (SSSR count). The van der Waals surface area contributed by atoms with E-state index in [1.165, 1.54) is 18.3 Å². The van der Waals surface area contributed by atoms with E-state index in [-0.39, 0.29) is 22.9 Å². The van der Waals surface area contributed by atoms with Crippen LogP contribution in [0.2, 0.25) is 0 Å². The van der Waals surface area contributed by atoms with Crippen molar-refractivity contribution in [1.82, 2.24) is 5.32 Å². The van der Waals surface area contributed by atoms with Gasteiger partial charge in [-0.1, -0.05) is 58.0 Å². The number of nitrogens with one attached hydrogen (secondary N) is 3. The number of fused-ring (bicyclic) bond motifs is 1. The fourth-order valence-corrected chi connectivity index (χ4v) is 5.20. The van der Waals surface area contributed by atoms with Gasteiger partial charge in [0.15, 0.2) is 5.78 Å². The molecule has 39 heavy (non-hydrogen) atoms. The Morgan fingerprint density at radius 1 is 1.10 bits per heavy atom. The van der Waals surface area contributed by atoms with Crippen molar-refractivity contribution in [1.29, 1.82) is 5.41 Å². The fourth-order valence-electron chi connectivity index (χ4n) is 5.20. The zero-order valence-electron chi connectivity index (χ0n) is 23.0. The Hall–Kier alpha value is -3.68. The third-order valence-corrected chi connectivity index (χ3v) is 7.29. The molecule has 2 unspecified atom stereocenters. The van der Waals surface area contributed by atoms with Crippen LogP contribution in [0.5, 0.6) is 0 Å². The molecule has 2 atom stereocenters. The van der Waals surface area contributed by atoms with Crippen molar-refractivity contribution in [2.45, 2.75) is 52.8 Å². The van der Waals surface area contributed by atoms with Crippen LogP contribution in [0.1, 0.15) is 62.3 Å². The van der Waals surface area contributed by atoms with E-state index in [1.807, 2.05) is 36.4 Å². The molecule has 0 amide bonds. The molecule has 4 N–H and O–H groups in total. The summed E-state index contributed by atoms with van der Waals surface area (Å²) in [5.74, 6) is 0.166. The van der Waals surface area contributed by atoms with Crippen molar-refractivity contribution >= 4 is 29.1 Å². The number of carbonyl (C=O) groups excluding carboxylic acids is 1. The molecule has 1 aliphatic carbocycles. The lowest BCUT2D eigenvalue weighted by Gasteiger charge is -2.37. The molecule has 0 fully saturated rings. The van der Waals surface area contributed by atoms with Crippen molar-refractivity contribution in [3.8, 4) is 0 Å². The lowest BCUT2D eigenvalue weighted by molar-refractivity contribution is -0.112. The predicted molar refractivity (Wildman–Crippen MR) is 156 cm³/mol. The molecule has 3 aromatic rings. The Bertz CT molecular complexity index is 1360. The molecule has 6 nitrogen and oxygen atoms in total. The summed E-state index contributed by atoms with van der Waals surface area (Å²) >= 11 is 0. The van der Waals surface area contributed by atoms with Crippen molar-refractivity contribution in [2.24, 2.45) is 16.3 Å². The number of carbonyl (C=O) groups is 1. The molecule has 1 aliphatic rings. The third kappa shape index (κ3) is 6.85. The largest absolute Gasteiger partial charge is 0.360 e. The van der Waals surface area contributed by atoms with E-state index in [0.717, 1.165) is 40.0 Å². The van der Waals surface area contributed by atoms with Crippen LogP contribution in [0.15, 0.2) is 71.7 Å². The van der Waals surface area contributed by atoms with Crippen LogP contribution in [0.3, 0.4) is 0 Å². The van der Waals surface area contributed by atoms with Crippen molar-refractivity contribution < 1.29 is 14.3 Å². The molecule has 3 aromatic carbocycles. The highest BCUT2D eigenvalue weighted by atomic mass is 19.1. The summed E-state index contributed by atoms with van der Waals surface area (Å²) in [6.45, 7) is 9.13. The molecule has 0 aromatic heterocycles. The van der Waals surface area contributed by atoms with Gasteiger partial charge in [-0.25, -0.2) is 9.38 Å². The third-order valence-electron chi connectivity index (χ3n) is 7.29. The molecular weight excluding hydrogens is 491 g/mol. The summed E-state index contributed by atoms with van der Waals surface area (Å²) < 4.78 is 13.3. The summed E-state index contributed by atoms with van der Waals surface area (Å²) in [5.41, 5.74) is 5.11. The molecular formula is C32H37FN4O2. The number of aliphatic imine (C=N–C) groups is 1. The molecule has 0 radical (unpaired) electrons. The van der Waals surface area contributed by atoms with Gasteiger partial charge in [-0.3, -0.25) is 10.1 Å². The number of hydrogen-bond donors (Lipinski definition) is 4. The maximum Gasteiger partial charge on any atom is 0.202 e. The topological polar surface area (TPSA) is 97.6 Å². The van der Waals surface area contributed by atoms with Crippen LogP contribution < -0.4 is 10.6 Å². The number of ketones is 1. The number of hydrogen-bond acceptors (Lipinski definition) is 6. The number of rotatable bonds is 11. The number of benzene rings is 3. The van der Waals surface area contributed by atoms with Gasteiger partial charge >= 0.3 is 0 Å². The maximum absolute atomic E-state index is 13.3. The van der Waals surface area contributed by atoms with Gasteiger partial charge in [0.05, 0.1) is 0 Å². The molecule has 0 heterocycles.